The highest BCUT2D eigenvalue weighted by atomic mass is 32.2. The van der Waals surface area contributed by atoms with Gasteiger partial charge in [-0.05, 0) is 23.6 Å². The Bertz CT molecular complexity index is 730. The fourth-order valence-electron chi connectivity index (χ4n) is 1.68. The zero-order valence-corrected chi connectivity index (χ0v) is 12.7. The van der Waals surface area contributed by atoms with Crippen LogP contribution >= 0.6 is 11.3 Å². The van der Waals surface area contributed by atoms with Crippen molar-refractivity contribution in [2.75, 3.05) is 17.9 Å². The molecule has 0 saturated heterocycles. The molecule has 0 fully saturated rings. The van der Waals surface area contributed by atoms with Crippen LogP contribution in [0.15, 0.2) is 46.0 Å². The lowest BCUT2D eigenvalue weighted by molar-refractivity contribution is -0.119. The normalized spacial score (nSPS) is 11.1. The molecule has 8 heteroatoms. The predicted molar refractivity (Wildman–Crippen MR) is 79.3 cm³/mol. The zero-order valence-electron chi connectivity index (χ0n) is 11.1. The monoisotopic (exact) mass is 328 g/mol. The summed E-state index contributed by atoms with van der Waals surface area (Å²) in [4.78, 5) is 11.6. The number of thiophene rings is 1. The first-order valence-electron chi connectivity index (χ1n) is 5.98. The third-order valence-electron chi connectivity index (χ3n) is 2.73. The minimum Gasteiger partial charge on any atom is -0.358 e. The summed E-state index contributed by atoms with van der Waals surface area (Å²) in [5.41, 5.74) is -0.158. The Hall–Kier alpha value is -1.93. The fourth-order valence-corrected chi connectivity index (χ4v) is 4.22. The van der Waals surface area contributed by atoms with Gasteiger partial charge in [-0.15, -0.1) is 11.3 Å². The summed E-state index contributed by atoms with van der Waals surface area (Å²) < 4.78 is 39.9. The number of hydrogen-bond donors (Lipinski definition) is 1. The van der Waals surface area contributed by atoms with Crippen LogP contribution in [-0.2, 0) is 14.8 Å². The second-order valence-electron chi connectivity index (χ2n) is 4.07. The highest BCUT2D eigenvalue weighted by molar-refractivity contribution is 7.94. The second-order valence-corrected chi connectivity index (χ2v) is 7.11. The maximum atomic E-state index is 13.9. The second kappa shape index (κ2) is 6.23. The van der Waals surface area contributed by atoms with Crippen LogP contribution in [-0.4, -0.2) is 27.9 Å². The van der Waals surface area contributed by atoms with Crippen molar-refractivity contribution in [3.63, 3.8) is 0 Å². The molecule has 0 atom stereocenters. The van der Waals surface area contributed by atoms with Crippen molar-refractivity contribution in [1.29, 1.82) is 0 Å². The van der Waals surface area contributed by atoms with Gasteiger partial charge in [0.25, 0.3) is 10.0 Å². The summed E-state index contributed by atoms with van der Waals surface area (Å²) in [7, 11) is -2.60. The van der Waals surface area contributed by atoms with Crippen LogP contribution in [0.25, 0.3) is 0 Å². The molecule has 1 heterocycles. The standard InChI is InChI=1S/C13H13FN2O3S2/c1-15-12(17)9-16(11-6-3-2-5-10(11)14)21(18,19)13-7-4-8-20-13/h2-8H,9H2,1H3,(H,15,17). The molecule has 0 aliphatic heterocycles. The van der Waals surface area contributed by atoms with Crippen LogP contribution in [0.1, 0.15) is 0 Å². The van der Waals surface area contributed by atoms with Crippen molar-refractivity contribution in [3.8, 4) is 0 Å². The number of nitrogens with zero attached hydrogens (tertiary/aromatic N) is 1. The molecule has 1 aromatic carbocycles. The van der Waals surface area contributed by atoms with Gasteiger partial charge in [-0.3, -0.25) is 9.10 Å². The number of hydrogen-bond acceptors (Lipinski definition) is 4. The third kappa shape index (κ3) is 3.22. The number of benzene rings is 1. The Morgan fingerprint density at radius 2 is 2.00 bits per heavy atom. The van der Waals surface area contributed by atoms with Gasteiger partial charge in [-0.25, -0.2) is 12.8 Å². The molecule has 1 aromatic heterocycles. The van der Waals surface area contributed by atoms with Gasteiger partial charge in [0.2, 0.25) is 5.91 Å². The van der Waals surface area contributed by atoms with Crippen molar-refractivity contribution in [3.05, 3.63) is 47.6 Å². The summed E-state index contributed by atoms with van der Waals surface area (Å²) in [6, 6.07) is 8.43. The Kier molecular flexibility index (Phi) is 4.59. The summed E-state index contributed by atoms with van der Waals surface area (Å²) in [6.45, 7) is -0.488. The molecular weight excluding hydrogens is 315 g/mol. The van der Waals surface area contributed by atoms with Crippen molar-refractivity contribution in [2.45, 2.75) is 4.21 Å². The maximum Gasteiger partial charge on any atom is 0.274 e. The SMILES string of the molecule is CNC(=O)CN(c1ccccc1F)S(=O)(=O)c1cccs1. The van der Waals surface area contributed by atoms with E-state index < -0.39 is 28.3 Å². The molecule has 0 aliphatic rings. The van der Waals surface area contributed by atoms with Gasteiger partial charge in [-0.1, -0.05) is 18.2 Å². The molecule has 0 aliphatic carbocycles. The topological polar surface area (TPSA) is 66.5 Å². The molecule has 2 rings (SSSR count). The molecule has 21 heavy (non-hydrogen) atoms. The van der Waals surface area contributed by atoms with Crippen molar-refractivity contribution in [1.82, 2.24) is 5.32 Å². The number of rotatable bonds is 5. The van der Waals surface area contributed by atoms with Crippen molar-refractivity contribution >= 4 is 33.0 Å². The average molecular weight is 328 g/mol. The number of carbonyl (C=O) groups is 1. The first kappa shape index (κ1) is 15.5. The number of amides is 1. The molecule has 0 spiro atoms. The van der Waals surface area contributed by atoms with E-state index in [1.165, 1.54) is 31.3 Å². The molecule has 0 bridgehead atoms. The lowest BCUT2D eigenvalue weighted by Gasteiger charge is -2.23. The van der Waals surface area contributed by atoms with Crippen LogP contribution in [0.5, 0.6) is 0 Å². The summed E-state index contributed by atoms with van der Waals surface area (Å²) in [6.07, 6.45) is 0. The van der Waals surface area contributed by atoms with E-state index in [9.17, 15) is 17.6 Å². The molecule has 0 saturated carbocycles. The molecule has 0 unspecified atom stereocenters. The molecule has 1 amide bonds. The van der Waals surface area contributed by atoms with E-state index in [0.717, 1.165) is 21.7 Å². The van der Waals surface area contributed by atoms with E-state index in [-0.39, 0.29) is 9.90 Å². The van der Waals surface area contributed by atoms with Crippen molar-refractivity contribution in [2.24, 2.45) is 0 Å². The molecule has 5 nitrogen and oxygen atoms in total. The highest BCUT2D eigenvalue weighted by Crippen LogP contribution is 2.28. The average Bonchev–Trinajstić information content (AvgIpc) is 3.00. The number of carbonyl (C=O) groups excluding carboxylic acids is 1. The number of likely N-dealkylation sites (N-methyl/N-ethyl adjacent to an activating group) is 1. The Balaban J connectivity index is 2.52. The molecule has 1 N–H and O–H groups in total. The third-order valence-corrected chi connectivity index (χ3v) is 5.86. The number of para-hydroxylation sites is 1. The first-order valence-corrected chi connectivity index (χ1v) is 8.30. The number of nitrogens with one attached hydrogen (secondary N) is 1. The number of halogens is 1. The summed E-state index contributed by atoms with van der Waals surface area (Å²) in [5, 5.41) is 3.94. The molecule has 2 aromatic rings. The van der Waals surface area contributed by atoms with E-state index in [1.807, 2.05) is 0 Å². The lowest BCUT2D eigenvalue weighted by Crippen LogP contribution is -2.40. The Morgan fingerprint density at radius 1 is 1.29 bits per heavy atom. The predicted octanol–water partition coefficient (Wildman–Crippen LogP) is 1.83. The molecule has 0 radical (unpaired) electrons. The summed E-state index contributed by atoms with van der Waals surface area (Å²) >= 11 is 1.01. The van der Waals surface area contributed by atoms with Gasteiger partial charge < -0.3 is 5.32 Å². The Labute approximate surface area is 126 Å². The zero-order chi connectivity index (χ0) is 15.5. The van der Waals surface area contributed by atoms with Crippen LogP contribution in [0, 0.1) is 5.82 Å². The Morgan fingerprint density at radius 3 is 2.57 bits per heavy atom. The van der Waals surface area contributed by atoms with Gasteiger partial charge in [0.15, 0.2) is 0 Å². The maximum absolute atomic E-state index is 13.9. The molecular formula is C13H13FN2O3S2. The van der Waals surface area contributed by atoms with Gasteiger partial charge in [0.05, 0.1) is 5.69 Å². The fraction of sp³-hybridized carbons (Fsp3) is 0.154. The van der Waals surface area contributed by atoms with Crippen LogP contribution in [0.4, 0.5) is 10.1 Å². The minimum atomic E-state index is -3.99. The number of sulfonamides is 1. The van der Waals surface area contributed by atoms with Gasteiger partial charge in [-0.2, -0.15) is 0 Å². The van der Waals surface area contributed by atoms with Crippen LogP contribution in [0.2, 0.25) is 0 Å². The van der Waals surface area contributed by atoms with E-state index >= 15 is 0 Å². The lowest BCUT2D eigenvalue weighted by atomic mass is 10.3. The number of anilines is 1. The van der Waals surface area contributed by atoms with Gasteiger partial charge in [0.1, 0.15) is 16.6 Å². The van der Waals surface area contributed by atoms with Gasteiger partial charge >= 0.3 is 0 Å². The largest absolute Gasteiger partial charge is 0.358 e. The van der Waals surface area contributed by atoms with Crippen molar-refractivity contribution < 1.29 is 17.6 Å². The quantitative estimate of drug-likeness (QED) is 0.910. The van der Waals surface area contributed by atoms with E-state index in [2.05, 4.69) is 5.32 Å². The highest BCUT2D eigenvalue weighted by Gasteiger charge is 2.29. The van der Waals surface area contributed by atoms with E-state index in [1.54, 1.807) is 11.4 Å². The van der Waals surface area contributed by atoms with Crippen LogP contribution < -0.4 is 9.62 Å². The smallest absolute Gasteiger partial charge is 0.274 e. The van der Waals surface area contributed by atoms with Crippen LogP contribution in [0.3, 0.4) is 0 Å². The van der Waals surface area contributed by atoms with E-state index in [0.29, 0.717) is 0 Å². The minimum absolute atomic E-state index is 0.0506. The van der Waals surface area contributed by atoms with Gasteiger partial charge in [0, 0.05) is 7.05 Å². The molecule has 112 valence electrons. The summed E-state index contributed by atoms with van der Waals surface area (Å²) in [5.74, 6) is -1.24. The van der Waals surface area contributed by atoms with E-state index in [4.69, 9.17) is 0 Å². The first-order chi connectivity index (χ1) is 9.96.